The first-order valence-electron chi connectivity index (χ1n) is 13.4. The first-order valence-corrected chi connectivity index (χ1v) is 16.3. The minimum absolute atomic E-state index is 0.00472. The lowest BCUT2D eigenvalue weighted by atomic mass is 10.0. The second-order valence-electron chi connectivity index (χ2n) is 12.2. The monoisotopic (exact) mass is 532 g/mol. The summed E-state index contributed by atoms with van der Waals surface area (Å²) in [6.45, 7) is 13.8. The number of fused-ring (bicyclic) bond motifs is 1. The van der Waals surface area contributed by atoms with Gasteiger partial charge in [0.25, 0.3) is 0 Å². The molecule has 38 heavy (non-hydrogen) atoms. The molecule has 2 heterocycles. The van der Waals surface area contributed by atoms with Crippen molar-refractivity contribution in [1.29, 1.82) is 5.26 Å². The molecular formula is C30H40N4O3Si. The lowest BCUT2D eigenvalue weighted by Crippen LogP contribution is -2.45. The van der Waals surface area contributed by atoms with Crippen molar-refractivity contribution < 1.29 is 14.0 Å². The molecular weight excluding hydrogens is 492 g/mol. The van der Waals surface area contributed by atoms with Crippen LogP contribution in [-0.4, -0.2) is 62.7 Å². The molecule has 202 valence electrons. The molecule has 2 aromatic carbocycles. The second-order valence-corrected chi connectivity index (χ2v) is 17.0. The highest BCUT2D eigenvalue weighted by Crippen LogP contribution is 2.38. The summed E-state index contributed by atoms with van der Waals surface area (Å²) in [4.78, 5) is 29.4. The van der Waals surface area contributed by atoms with Gasteiger partial charge in [0.2, 0.25) is 11.8 Å². The highest BCUT2D eigenvalue weighted by molar-refractivity contribution is 6.74. The number of carbonyl (C=O) groups excluding carboxylic acids is 2. The number of rotatable bonds is 8. The van der Waals surface area contributed by atoms with Gasteiger partial charge >= 0.3 is 0 Å². The number of hydrogen-bond acceptors (Lipinski definition) is 5. The highest BCUT2D eigenvalue weighted by atomic mass is 28.4. The summed E-state index contributed by atoms with van der Waals surface area (Å²) in [6.07, 6.45) is 1.81. The van der Waals surface area contributed by atoms with Gasteiger partial charge in [0.05, 0.1) is 36.6 Å². The highest BCUT2D eigenvalue weighted by Gasteiger charge is 2.41. The smallest absolute Gasteiger partial charge is 0.228 e. The molecule has 7 nitrogen and oxygen atoms in total. The summed E-state index contributed by atoms with van der Waals surface area (Å²) in [5, 5.41) is 12.5. The Morgan fingerprint density at radius 3 is 2.74 bits per heavy atom. The van der Waals surface area contributed by atoms with Gasteiger partial charge in [-0.25, -0.2) is 0 Å². The lowest BCUT2D eigenvalue weighted by Gasteiger charge is -2.38. The fraction of sp³-hybridized carbons (Fsp3) is 0.500. The van der Waals surface area contributed by atoms with Crippen molar-refractivity contribution in [1.82, 2.24) is 9.80 Å². The Hall–Kier alpha value is -2.99. The zero-order valence-electron chi connectivity index (χ0n) is 23.5. The van der Waals surface area contributed by atoms with Crippen LogP contribution in [0.1, 0.15) is 55.5 Å². The number of carbonyl (C=O) groups is 2. The number of nitrogens with one attached hydrogen (secondary N) is 1. The van der Waals surface area contributed by atoms with Gasteiger partial charge in [-0.2, -0.15) is 5.26 Å². The Labute approximate surface area is 227 Å². The van der Waals surface area contributed by atoms with Crippen molar-refractivity contribution in [2.24, 2.45) is 0 Å². The van der Waals surface area contributed by atoms with Gasteiger partial charge in [-0.1, -0.05) is 45.0 Å². The van der Waals surface area contributed by atoms with E-state index in [9.17, 15) is 14.9 Å². The van der Waals surface area contributed by atoms with Gasteiger partial charge in [-0.3, -0.25) is 14.5 Å². The molecule has 2 amide bonds. The minimum Gasteiger partial charge on any atom is -0.413 e. The zero-order chi connectivity index (χ0) is 27.7. The van der Waals surface area contributed by atoms with E-state index in [4.69, 9.17) is 4.43 Å². The van der Waals surface area contributed by atoms with E-state index in [1.54, 1.807) is 6.07 Å². The summed E-state index contributed by atoms with van der Waals surface area (Å²) in [5.41, 5.74) is 4.18. The Morgan fingerprint density at radius 2 is 2.03 bits per heavy atom. The molecule has 2 aromatic rings. The zero-order valence-corrected chi connectivity index (χ0v) is 24.5. The molecule has 1 N–H and O–H groups in total. The number of nitrogens with zero attached hydrogens (tertiary/aromatic N) is 3. The molecule has 2 aliphatic heterocycles. The Morgan fingerprint density at radius 1 is 1.26 bits per heavy atom. The summed E-state index contributed by atoms with van der Waals surface area (Å²) in [7, 11) is -0.0160. The predicted octanol–water partition coefficient (Wildman–Crippen LogP) is 4.89. The number of benzene rings is 2. The third-order valence-corrected chi connectivity index (χ3v) is 12.9. The average Bonchev–Trinajstić information content (AvgIpc) is 3.45. The van der Waals surface area contributed by atoms with E-state index in [-0.39, 0.29) is 35.4 Å². The van der Waals surface area contributed by atoms with E-state index in [1.807, 2.05) is 48.3 Å². The Bertz CT molecular complexity index is 1250. The number of anilines is 1. The summed E-state index contributed by atoms with van der Waals surface area (Å²) >= 11 is 0. The number of amides is 2. The van der Waals surface area contributed by atoms with Crippen molar-refractivity contribution in [3.05, 3.63) is 64.7 Å². The molecule has 0 radical (unpaired) electrons. The van der Waals surface area contributed by atoms with Crippen LogP contribution in [0.4, 0.5) is 5.69 Å². The van der Waals surface area contributed by atoms with Crippen LogP contribution in [0.5, 0.6) is 0 Å². The van der Waals surface area contributed by atoms with Crippen molar-refractivity contribution in [2.45, 2.75) is 70.3 Å². The van der Waals surface area contributed by atoms with Gasteiger partial charge < -0.3 is 14.6 Å². The van der Waals surface area contributed by atoms with Crippen molar-refractivity contribution >= 4 is 25.8 Å². The van der Waals surface area contributed by atoms with Crippen molar-refractivity contribution in [3.8, 4) is 6.07 Å². The summed E-state index contributed by atoms with van der Waals surface area (Å²) in [5.74, 6) is -0.0191. The number of likely N-dealkylation sites (tertiary alicyclic amines) is 1. The van der Waals surface area contributed by atoms with E-state index in [0.29, 0.717) is 18.5 Å². The van der Waals surface area contributed by atoms with Gasteiger partial charge in [-0.15, -0.1) is 0 Å². The Kier molecular flexibility index (Phi) is 8.12. The molecule has 4 rings (SSSR count). The third-order valence-electron chi connectivity index (χ3n) is 8.34. The molecule has 1 fully saturated rings. The summed E-state index contributed by atoms with van der Waals surface area (Å²) < 4.78 is 6.69. The number of likely N-dealkylation sites (N-methyl/N-ethyl adjacent to an activating group) is 1. The molecule has 0 spiro atoms. The van der Waals surface area contributed by atoms with Crippen LogP contribution in [0.25, 0.3) is 0 Å². The van der Waals surface area contributed by atoms with Gasteiger partial charge in [-0.05, 0) is 59.4 Å². The van der Waals surface area contributed by atoms with Gasteiger partial charge in [0.1, 0.15) is 0 Å². The topological polar surface area (TPSA) is 85.7 Å². The molecule has 2 atom stereocenters. The number of hydrogen-bond donors (Lipinski definition) is 1. The van der Waals surface area contributed by atoms with Gasteiger partial charge in [0.15, 0.2) is 8.32 Å². The first kappa shape index (κ1) is 28.0. The van der Waals surface area contributed by atoms with Crippen LogP contribution in [0, 0.1) is 11.3 Å². The molecule has 0 aliphatic carbocycles. The van der Waals surface area contributed by atoms with Crippen LogP contribution in [0.2, 0.25) is 18.1 Å². The SMILES string of the molecule is CN(C(=O)Cc1ccc2c(c1)NC(=O)C2)[C@H](CN1CC[C@H](O[Si](C)(C)C(C)(C)C)C1)c1cccc(C#N)c1. The van der Waals surface area contributed by atoms with Crippen LogP contribution in [0.3, 0.4) is 0 Å². The predicted molar refractivity (Wildman–Crippen MR) is 152 cm³/mol. The largest absolute Gasteiger partial charge is 0.413 e. The molecule has 8 heteroatoms. The quantitative estimate of drug-likeness (QED) is 0.489. The molecule has 1 saturated heterocycles. The molecule has 0 aromatic heterocycles. The van der Waals surface area contributed by atoms with Crippen molar-refractivity contribution in [2.75, 3.05) is 32.0 Å². The van der Waals surface area contributed by atoms with Gasteiger partial charge in [0, 0.05) is 32.4 Å². The molecule has 0 saturated carbocycles. The van der Waals surface area contributed by atoms with Crippen LogP contribution in [0.15, 0.2) is 42.5 Å². The standard InChI is InChI=1S/C30H40N4O3Si/c1-30(2,3)38(5,6)37-25-12-13-34(19-25)20-27(24-9-7-8-22(14-24)18-31)33(4)29(36)16-21-10-11-23-17-28(35)32-26(23)15-21/h7-11,14-15,25,27H,12-13,16-17,19-20H2,1-6H3,(H,32,35)/t25-,27+/m0/s1. The van der Waals surface area contributed by atoms with E-state index < -0.39 is 8.32 Å². The van der Waals surface area contributed by atoms with E-state index in [2.05, 4.69) is 50.2 Å². The van der Waals surface area contributed by atoms with E-state index in [1.165, 1.54) is 0 Å². The maximum atomic E-state index is 13.5. The molecule has 2 aliphatic rings. The second kappa shape index (κ2) is 11.0. The average molecular weight is 533 g/mol. The number of nitriles is 1. The summed E-state index contributed by atoms with van der Waals surface area (Å²) in [6, 6.07) is 15.4. The molecule has 0 unspecified atom stereocenters. The van der Waals surface area contributed by atoms with Crippen LogP contribution in [-0.2, 0) is 26.9 Å². The van der Waals surface area contributed by atoms with Crippen LogP contribution < -0.4 is 5.32 Å². The molecule has 0 bridgehead atoms. The van der Waals surface area contributed by atoms with E-state index in [0.717, 1.165) is 41.9 Å². The maximum absolute atomic E-state index is 13.5. The fourth-order valence-corrected chi connectivity index (χ4v) is 6.39. The maximum Gasteiger partial charge on any atom is 0.228 e. The fourth-order valence-electron chi connectivity index (χ4n) is 5.01. The Balaban J connectivity index is 1.49. The first-order chi connectivity index (χ1) is 17.9. The normalized spacial score (nSPS) is 18.6. The third kappa shape index (κ3) is 6.34. The van der Waals surface area contributed by atoms with Crippen molar-refractivity contribution in [3.63, 3.8) is 0 Å². The minimum atomic E-state index is -1.86. The van der Waals surface area contributed by atoms with E-state index >= 15 is 0 Å². The van der Waals surface area contributed by atoms with Crippen LogP contribution >= 0.6 is 0 Å². The lowest BCUT2D eigenvalue weighted by molar-refractivity contribution is -0.131.